The fraction of sp³-hybridized carbons (Fsp3) is 0.391. The van der Waals surface area contributed by atoms with Crippen LogP contribution < -0.4 is 20.3 Å². The molecule has 0 unspecified atom stereocenters. The highest BCUT2D eigenvalue weighted by atomic mass is 32.1. The molecule has 0 fully saturated rings. The van der Waals surface area contributed by atoms with E-state index in [2.05, 4.69) is 43.2 Å². The third-order valence-corrected chi connectivity index (χ3v) is 4.77. The van der Waals surface area contributed by atoms with Crippen molar-refractivity contribution in [2.75, 3.05) is 29.9 Å². The SMILES string of the molecule is CCN(CC)c1ccc(NC(=S)NC(=O)c2ccccc2OCCC(C)C)cc1. The molecule has 2 rings (SSSR count). The lowest BCUT2D eigenvalue weighted by Gasteiger charge is -2.21. The van der Waals surface area contributed by atoms with E-state index < -0.39 is 0 Å². The van der Waals surface area contributed by atoms with Crippen LogP contribution >= 0.6 is 12.2 Å². The van der Waals surface area contributed by atoms with Crippen molar-refractivity contribution in [3.63, 3.8) is 0 Å². The summed E-state index contributed by atoms with van der Waals surface area (Å²) in [6.07, 6.45) is 0.930. The van der Waals surface area contributed by atoms with Crippen LogP contribution in [0, 0.1) is 5.92 Å². The number of rotatable bonds is 9. The summed E-state index contributed by atoms with van der Waals surface area (Å²) in [7, 11) is 0. The smallest absolute Gasteiger partial charge is 0.261 e. The number of hydrogen-bond donors (Lipinski definition) is 2. The summed E-state index contributed by atoms with van der Waals surface area (Å²) in [6, 6.07) is 15.2. The van der Waals surface area contributed by atoms with Crippen LogP contribution in [0.1, 0.15) is 44.5 Å². The number of hydrogen-bond acceptors (Lipinski definition) is 4. The van der Waals surface area contributed by atoms with Crippen molar-refractivity contribution in [1.82, 2.24) is 5.32 Å². The van der Waals surface area contributed by atoms with Crippen LogP contribution in [0.4, 0.5) is 11.4 Å². The molecule has 0 bridgehead atoms. The monoisotopic (exact) mass is 413 g/mol. The van der Waals surface area contributed by atoms with E-state index in [4.69, 9.17) is 17.0 Å². The Hall–Kier alpha value is -2.60. The fourth-order valence-corrected chi connectivity index (χ4v) is 3.07. The van der Waals surface area contributed by atoms with Crippen LogP contribution in [0.5, 0.6) is 5.75 Å². The van der Waals surface area contributed by atoms with E-state index in [1.165, 1.54) is 0 Å². The van der Waals surface area contributed by atoms with Crippen LogP contribution in [-0.4, -0.2) is 30.7 Å². The van der Waals surface area contributed by atoms with Gasteiger partial charge in [0, 0.05) is 24.5 Å². The number of thiocarbonyl (C=S) groups is 1. The number of carbonyl (C=O) groups is 1. The first-order valence-corrected chi connectivity index (χ1v) is 10.5. The van der Waals surface area contributed by atoms with Crippen LogP contribution in [0.2, 0.25) is 0 Å². The first kappa shape index (κ1) is 22.7. The Morgan fingerprint density at radius 1 is 1.07 bits per heavy atom. The standard InChI is InChI=1S/C23H31N3O2S/c1-5-26(6-2)19-13-11-18(12-14-19)24-23(29)25-22(27)20-9-7-8-10-21(20)28-16-15-17(3)4/h7-14,17H,5-6,15-16H2,1-4H3,(H2,24,25,27,29). The van der Waals surface area contributed by atoms with Crippen LogP contribution in [0.25, 0.3) is 0 Å². The first-order chi connectivity index (χ1) is 13.9. The molecule has 29 heavy (non-hydrogen) atoms. The van der Waals surface area contributed by atoms with Crippen LogP contribution in [-0.2, 0) is 0 Å². The minimum atomic E-state index is -0.289. The van der Waals surface area contributed by atoms with Gasteiger partial charge in [0.05, 0.1) is 12.2 Å². The summed E-state index contributed by atoms with van der Waals surface area (Å²) in [6.45, 7) is 11.0. The topological polar surface area (TPSA) is 53.6 Å². The molecular weight excluding hydrogens is 382 g/mol. The molecule has 6 heteroatoms. The van der Waals surface area contributed by atoms with Gasteiger partial charge in [-0.3, -0.25) is 10.1 Å². The predicted octanol–water partition coefficient (Wildman–Crippen LogP) is 5.08. The molecule has 0 aliphatic carbocycles. The van der Waals surface area contributed by atoms with Gasteiger partial charge in [-0.05, 0) is 74.8 Å². The number of nitrogens with zero attached hydrogens (tertiary/aromatic N) is 1. The lowest BCUT2D eigenvalue weighted by atomic mass is 10.1. The quantitative estimate of drug-likeness (QED) is 0.561. The molecule has 0 atom stereocenters. The maximum absolute atomic E-state index is 12.7. The number of carbonyl (C=O) groups excluding carboxylic acids is 1. The van der Waals surface area contributed by atoms with Crippen molar-refractivity contribution >= 4 is 34.6 Å². The second-order valence-electron chi connectivity index (χ2n) is 7.15. The minimum Gasteiger partial charge on any atom is -0.493 e. The first-order valence-electron chi connectivity index (χ1n) is 10.1. The number of ether oxygens (including phenoxy) is 1. The number of benzene rings is 2. The van der Waals surface area contributed by atoms with Gasteiger partial charge in [-0.25, -0.2) is 0 Å². The zero-order valence-corrected chi connectivity index (χ0v) is 18.5. The summed E-state index contributed by atoms with van der Waals surface area (Å²) >= 11 is 5.31. The molecular formula is C23H31N3O2S. The molecule has 2 N–H and O–H groups in total. The molecule has 2 aromatic rings. The van der Waals surface area contributed by atoms with E-state index in [9.17, 15) is 4.79 Å². The third kappa shape index (κ3) is 7.06. The van der Waals surface area contributed by atoms with Gasteiger partial charge in [0.1, 0.15) is 5.75 Å². The van der Waals surface area contributed by atoms with E-state index in [0.717, 1.165) is 30.9 Å². The van der Waals surface area contributed by atoms with Crippen molar-refractivity contribution in [2.45, 2.75) is 34.1 Å². The Labute approximate surface area is 179 Å². The fourth-order valence-electron chi connectivity index (χ4n) is 2.86. The predicted molar refractivity (Wildman–Crippen MR) is 125 cm³/mol. The van der Waals surface area contributed by atoms with Gasteiger partial charge in [0.25, 0.3) is 5.91 Å². The van der Waals surface area contributed by atoms with Gasteiger partial charge in [0.2, 0.25) is 0 Å². The molecule has 0 saturated carbocycles. The maximum Gasteiger partial charge on any atom is 0.261 e. The molecule has 0 aromatic heterocycles. The lowest BCUT2D eigenvalue weighted by Crippen LogP contribution is -2.34. The normalized spacial score (nSPS) is 10.5. The van der Waals surface area contributed by atoms with Gasteiger partial charge in [-0.15, -0.1) is 0 Å². The van der Waals surface area contributed by atoms with Gasteiger partial charge in [-0.2, -0.15) is 0 Å². The van der Waals surface area contributed by atoms with E-state index in [1.54, 1.807) is 12.1 Å². The maximum atomic E-state index is 12.7. The Morgan fingerprint density at radius 2 is 1.72 bits per heavy atom. The number of nitrogens with one attached hydrogen (secondary N) is 2. The van der Waals surface area contributed by atoms with Crippen molar-refractivity contribution < 1.29 is 9.53 Å². The summed E-state index contributed by atoms with van der Waals surface area (Å²) in [4.78, 5) is 14.9. The van der Waals surface area contributed by atoms with Crippen molar-refractivity contribution in [3.05, 3.63) is 54.1 Å². The molecule has 1 amide bonds. The highest BCUT2D eigenvalue weighted by Gasteiger charge is 2.14. The average Bonchev–Trinajstić information content (AvgIpc) is 2.70. The Balaban J connectivity index is 1.96. The van der Waals surface area contributed by atoms with Gasteiger partial charge >= 0.3 is 0 Å². The molecule has 0 heterocycles. The summed E-state index contributed by atoms with van der Waals surface area (Å²) in [5.41, 5.74) is 2.45. The van der Waals surface area contributed by atoms with Gasteiger partial charge in [0.15, 0.2) is 5.11 Å². The molecule has 0 saturated heterocycles. The zero-order chi connectivity index (χ0) is 21.2. The second-order valence-corrected chi connectivity index (χ2v) is 7.56. The van der Waals surface area contributed by atoms with Gasteiger partial charge in [-0.1, -0.05) is 26.0 Å². The van der Waals surface area contributed by atoms with E-state index in [-0.39, 0.29) is 11.0 Å². The van der Waals surface area contributed by atoms with Gasteiger partial charge < -0.3 is 15.0 Å². The summed E-state index contributed by atoms with van der Waals surface area (Å²) in [5, 5.41) is 6.05. The summed E-state index contributed by atoms with van der Waals surface area (Å²) in [5.74, 6) is 0.820. The molecule has 0 aliphatic heterocycles. The summed E-state index contributed by atoms with van der Waals surface area (Å²) < 4.78 is 5.80. The lowest BCUT2D eigenvalue weighted by molar-refractivity contribution is 0.0973. The number of amides is 1. The molecule has 0 radical (unpaired) electrons. The molecule has 2 aromatic carbocycles. The van der Waals surface area contributed by atoms with E-state index >= 15 is 0 Å². The highest BCUT2D eigenvalue weighted by molar-refractivity contribution is 7.80. The Kier molecular flexibility index (Phi) is 8.93. The Morgan fingerprint density at radius 3 is 2.34 bits per heavy atom. The van der Waals surface area contributed by atoms with Crippen molar-refractivity contribution in [1.29, 1.82) is 0 Å². The van der Waals surface area contributed by atoms with Crippen molar-refractivity contribution in [2.24, 2.45) is 5.92 Å². The number of anilines is 2. The minimum absolute atomic E-state index is 0.252. The van der Waals surface area contributed by atoms with Crippen LogP contribution in [0.15, 0.2) is 48.5 Å². The zero-order valence-electron chi connectivity index (χ0n) is 17.7. The molecule has 5 nitrogen and oxygen atoms in total. The Bertz CT molecular complexity index is 802. The van der Waals surface area contributed by atoms with Crippen LogP contribution in [0.3, 0.4) is 0 Å². The highest BCUT2D eigenvalue weighted by Crippen LogP contribution is 2.20. The average molecular weight is 414 g/mol. The van der Waals surface area contributed by atoms with E-state index in [0.29, 0.717) is 23.8 Å². The van der Waals surface area contributed by atoms with E-state index in [1.807, 2.05) is 36.4 Å². The number of para-hydroxylation sites is 1. The van der Waals surface area contributed by atoms with Crippen molar-refractivity contribution in [3.8, 4) is 5.75 Å². The third-order valence-electron chi connectivity index (χ3n) is 4.57. The second kappa shape index (κ2) is 11.4. The molecule has 0 aliphatic rings. The molecule has 156 valence electrons. The molecule has 0 spiro atoms. The largest absolute Gasteiger partial charge is 0.493 e.